The molecule has 1 aromatic carbocycles. The molecule has 0 aliphatic carbocycles. The number of furan rings is 1. The van der Waals surface area contributed by atoms with Gasteiger partial charge in [0, 0.05) is 17.3 Å². The maximum absolute atomic E-state index is 13.3. The van der Waals surface area contributed by atoms with Crippen molar-refractivity contribution in [2.75, 3.05) is 5.32 Å². The molecule has 4 rings (SSSR count). The zero-order valence-electron chi connectivity index (χ0n) is 16.8. The van der Waals surface area contributed by atoms with Crippen LogP contribution in [0.5, 0.6) is 0 Å². The van der Waals surface area contributed by atoms with Crippen molar-refractivity contribution in [1.82, 2.24) is 19.7 Å². The highest BCUT2D eigenvalue weighted by Crippen LogP contribution is 2.32. The maximum atomic E-state index is 13.3. The minimum atomic E-state index is -4.71. The minimum Gasteiger partial charge on any atom is -0.463 e. The molecule has 0 spiro atoms. The van der Waals surface area contributed by atoms with Crippen LogP contribution in [0.2, 0.25) is 0 Å². The molecule has 0 aliphatic heterocycles. The number of aromatic nitrogens is 4. The zero-order valence-corrected chi connectivity index (χ0v) is 16.8. The van der Waals surface area contributed by atoms with Crippen LogP contribution in [0.25, 0.3) is 17.4 Å². The normalized spacial score (nSPS) is 11.5. The van der Waals surface area contributed by atoms with Gasteiger partial charge in [0.05, 0.1) is 17.4 Å². The summed E-state index contributed by atoms with van der Waals surface area (Å²) in [6, 6.07) is 9.07. The molecule has 1 amide bonds. The smallest absolute Gasteiger partial charge is 0.417 e. The van der Waals surface area contributed by atoms with Gasteiger partial charge in [0.1, 0.15) is 11.5 Å². The first-order valence-corrected chi connectivity index (χ1v) is 9.34. The topological polar surface area (TPSA) is 106 Å². The van der Waals surface area contributed by atoms with Gasteiger partial charge >= 0.3 is 6.18 Å². The number of rotatable bonds is 4. The van der Waals surface area contributed by atoms with Gasteiger partial charge in [0.2, 0.25) is 5.95 Å². The Balaban J connectivity index is 1.81. The second kappa shape index (κ2) is 7.84. The van der Waals surface area contributed by atoms with Gasteiger partial charge in [-0.15, -0.1) is 0 Å². The predicted octanol–water partition coefficient (Wildman–Crippen LogP) is 4.10. The Morgan fingerprint density at radius 2 is 1.91 bits per heavy atom. The van der Waals surface area contributed by atoms with Crippen LogP contribution in [0.4, 0.5) is 19.0 Å². The van der Waals surface area contributed by atoms with E-state index in [1.165, 1.54) is 24.5 Å². The summed E-state index contributed by atoms with van der Waals surface area (Å²) >= 11 is 0. The summed E-state index contributed by atoms with van der Waals surface area (Å²) in [7, 11) is 0. The number of nitrogens with zero attached hydrogens (tertiary/aromatic N) is 3. The Kier molecular flexibility index (Phi) is 5.17. The van der Waals surface area contributed by atoms with Gasteiger partial charge in [-0.05, 0) is 38.1 Å². The SMILES string of the molecule is Cc1nc(-n2nc(-c3ccco3)cc2NC(=O)c2ccccc2C(F)(F)F)[nH]c(=O)c1C. The lowest BCUT2D eigenvalue weighted by atomic mass is 10.1. The molecule has 3 aromatic heterocycles. The maximum Gasteiger partial charge on any atom is 0.417 e. The molecule has 0 bridgehead atoms. The van der Waals surface area contributed by atoms with E-state index in [2.05, 4.69) is 20.4 Å². The molecule has 3 heterocycles. The van der Waals surface area contributed by atoms with Gasteiger partial charge in [-0.2, -0.15) is 23.0 Å². The first kappa shape index (κ1) is 21.1. The summed E-state index contributed by atoms with van der Waals surface area (Å²) in [4.78, 5) is 31.8. The fourth-order valence-corrected chi connectivity index (χ4v) is 3.02. The number of alkyl halides is 3. The van der Waals surface area contributed by atoms with E-state index in [1.807, 2.05) is 0 Å². The van der Waals surface area contributed by atoms with Crippen LogP contribution < -0.4 is 10.9 Å². The van der Waals surface area contributed by atoms with Crippen molar-refractivity contribution in [3.8, 4) is 17.4 Å². The molecular formula is C21H16F3N5O3. The summed E-state index contributed by atoms with van der Waals surface area (Å²) in [5.41, 5.74) is -0.950. The highest BCUT2D eigenvalue weighted by Gasteiger charge is 2.35. The number of anilines is 1. The van der Waals surface area contributed by atoms with E-state index < -0.39 is 28.8 Å². The molecular weight excluding hydrogens is 427 g/mol. The van der Waals surface area contributed by atoms with E-state index in [1.54, 1.807) is 26.0 Å². The Morgan fingerprint density at radius 1 is 1.16 bits per heavy atom. The molecule has 32 heavy (non-hydrogen) atoms. The van der Waals surface area contributed by atoms with Gasteiger partial charge < -0.3 is 9.73 Å². The summed E-state index contributed by atoms with van der Waals surface area (Å²) in [5.74, 6) is -0.683. The van der Waals surface area contributed by atoms with Gasteiger partial charge in [0.25, 0.3) is 11.5 Å². The molecule has 2 N–H and O–H groups in total. The Bertz CT molecular complexity index is 1350. The fourth-order valence-electron chi connectivity index (χ4n) is 3.02. The first-order valence-electron chi connectivity index (χ1n) is 9.34. The third-order valence-corrected chi connectivity index (χ3v) is 4.78. The van der Waals surface area contributed by atoms with E-state index in [0.717, 1.165) is 16.8 Å². The van der Waals surface area contributed by atoms with Crippen molar-refractivity contribution in [2.45, 2.75) is 20.0 Å². The third-order valence-electron chi connectivity index (χ3n) is 4.78. The summed E-state index contributed by atoms with van der Waals surface area (Å²) < 4.78 is 46.5. The second-order valence-corrected chi connectivity index (χ2v) is 6.90. The van der Waals surface area contributed by atoms with Crippen LogP contribution in [0.15, 0.2) is 57.9 Å². The van der Waals surface area contributed by atoms with Crippen molar-refractivity contribution < 1.29 is 22.4 Å². The molecule has 0 unspecified atom stereocenters. The Morgan fingerprint density at radius 3 is 2.56 bits per heavy atom. The van der Waals surface area contributed by atoms with E-state index in [4.69, 9.17) is 4.42 Å². The van der Waals surface area contributed by atoms with Crippen LogP contribution in [-0.4, -0.2) is 25.7 Å². The molecule has 0 saturated carbocycles. The quantitative estimate of drug-likeness (QED) is 0.494. The van der Waals surface area contributed by atoms with Crippen molar-refractivity contribution in [3.05, 3.63) is 81.5 Å². The summed E-state index contributed by atoms with van der Waals surface area (Å²) in [6.07, 6.45) is -3.29. The highest BCUT2D eigenvalue weighted by molar-refractivity contribution is 6.05. The van der Waals surface area contributed by atoms with Crippen LogP contribution >= 0.6 is 0 Å². The number of halogens is 3. The molecule has 164 valence electrons. The summed E-state index contributed by atoms with van der Waals surface area (Å²) in [6.45, 7) is 3.22. The summed E-state index contributed by atoms with van der Waals surface area (Å²) in [5, 5.41) is 6.74. The van der Waals surface area contributed by atoms with Crippen LogP contribution in [0.1, 0.15) is 27.2 Å². The number of aromatic amines is 1. The molecule has 0 aliphatic rings. The van der Waals surface area contributed by atoms with Crippen LogP contribution in [-0.2, 0) is 6.18 Å². The number of amides is 1. The largest absolute Gasteiger partial charge is 0.463 e. The molecule has 0 fully saturated rings. The third kappa shape index (κ3) is 3.92. The number of carbonyl (C=O) groups is 1. The van der Waals surface area contributed by atoms with Crippen molar-refractivity contribution in [1.29, 1.82) is 0 Å². The highest BCUT2D eigenvalue weighted by atomic mass is 19.4. The lowest BCUT2D eigenvalue weighted by Crippen LogP contribution is -2.22. The van der Waals surface area contributed by atoms with Crippen molar-refractivity contribution >= 4 is 11.7 Å². The molecule has 0 radical (unpaired) electrons. The predicted molar refractivity (Wildman–Crippen MR) is 109 cm³/mol. The van der Waals surface area contributed by atoms with Crippen LogP contribution in [0, 0.1) is 13.8 Å². The van der Waals surface area contributed by atoms with E-state index in [9.17, 15) is 22.8 Å². The number of aryl methyl sites for hydroxylation is 1. The van der Waals surface area contributed by atoms with Gasteiger partial charge in [-0.3, -0.25) is 14.6 Å². The standard InChI is InChI=1S/C21H16F3N5O3/c1-11-12(2)25-20(27-18(11)30)29-17(10-15(28-29)16-8-5-9-32-16)26-19(31)13-6-3-4-7-14(13)21(22,23)24/h3-10H,1-2H3,(H,26,31)(H,25,27,30). The van der Waals surface area contributed by atoms with Gasteiger partial charge in [0.15, 0.2) is 5.76 Å². The van der Waals surface area contributed by atoms with Crippen molar-refractivity contribution in [2.24, 2.45) is 0 Å². The minimum absolute atomic E-state index is 0.00946. The van der Waals surface area contributed by atoms with Gasteiger partial charge in [-0.25, -0.2) is 4.98 Å². The average Bonchev–Trinajstić information content (AvgIpc) is 3.41. The number of H-pyrrole nitrogens is 1. The number of hydrogen-bond donors (Lipinski definition) is 2. The zero-order chi connectivity index (χ0) is 23.0. The van der Waals surface area contributed by atoms with Crippen molar-refractivity contribution in [3.63, 3.8) is 0 Å². The molecule has 4 aromatic rings. The van der Waals surface area contributed by atoms with E-state index in [0.29, 0.717) is 17.0 Å². The molecule has 0 atom stereocenters. The fraction of sp³-hybridized carbons (Fsp3) is 0.143. The molecule has 8 nitrogen and oxygen atoms in total. The Hall–Kier alpha value is -4.15. The van der Waals surface area contributed by atoms with Gasteiger partial charge in [-0.1, -0.05) is 12.1 Å². The molecule has 0 saturated heterocycles. The second-order valence-electron chi connectivity index (χ2n) is 6.90. The van der Waals surface area contributed by atoms with E-state index >= 15 is 0 Å². The number of benzene rings is 1. The lowest BCUT2D eigenvalue weighted by Gasteiger charge is -2.13. The Labute approximate surface area is 178 Å². The lowest BCUT2D eigenvalue weighted by molar-refractivity contribution is -0.137. The number of hydrogen-bond acceptors (Lipinski definition) is 5. The average molecular weight is 443 g/mol. The number of nitrogens with one attached hydrogen (secondary N) is 2. The monoisotopic (exact) mass is 443 g/mol. The number of carbonyl (C=O) groups excluding carboxylic acids is 1. The molecule has 11 heteroatoms. The van der Waals surface area contributed by atoms with Crippen LogP contribution in [0.3, 0.4) is 0 Å². The first-order chi connectivity index (χ1) is 15.1. The van der Waals surface area contributed by atoms with E-state index in [-0.39, 0.29) is 17.5 Å².